The van der Waals surface area contributed by atoms with E-state index in [9.17, 15) is 0 Å². The number of aryl methyl sites for hydroxylation is 1. The van der Waals surface area contributed by atoms with Crippen LogP contribution in [0.4, 0.5) is 0 Å². The van der Waals surface area contributed by atoms with Crippen molar-refractivity contribution in [1.82, 2.24) is 10.2 Å². The smallest absolute Gasteiger partial charge is 0.143 e. The van der Waals surface area contributed by atoms with E-state index in [2.05, 4.69) is 10.2 Å². The highest BCUT2D eigenvalue weighted by Gasteiger charge is 1.99. The molecule has 54 valence electrons. The fourth-order valence-electron chi connectivity index (χ4n) is 0.579. The second kappa shape index (κ2) is 2.92. The molecular formula is C7H10N2S. The highest BCUT2D eigenvalue weighted by molar-refractivity contribution is 7.12. The molecule has 0 bridgehead atoms. The Bertz CT molecular complexity index is 250. The fraction of sp³-hybridized carbons (Fsp3) is 0.429. The molecule has 0 unspecified atom stereocenters. The minimum Gasteiger partial charge on any atom is -0.144 e. The zero-order chi connectivity index (χ0) is 7.56. The van der Waals surface area contributed by atoms with Gasteiger partial charge in [-0.1, -0.05) is 17.4 Å². The molecule has 0 aliphatic rings. The Labute approximate surface area is 64.6 Å². The van der Waals surface area contributed by atoms with Crippen LogP contribution in [0.2, 0.25) is 0 Å². The van der Waals surface area contributed by atoms with Gasteiger partial charge in [0.1, 0.15) is 10.0 Å². The predicted molar refractivity (Wildman–Crippen MR) is 44.0 cm³/mol. The lowest BCUT2D eigenvalue weighted by molar-refractivity contribution is 1.03. The van der Waals surface area contributed by atoms with E-state index in [4.69, 9.17) is 0 Å². The van der Waals surface area contributed by atoms with Crippen LogP contribution >= 0.6 is 11.3 Å². The van der Waals surface area contributed by atoms with Gasteiger partial charge in [-0.15, -0.1) is 10.2 Å². The van der Waals surface area contributed by atoms with Gasteiger partial charge in [-0.25, -0.2) is 0 Å². The first-order valence-electron chi connectivity index (χ1n) is 3.17. The highest BCUT2D eigenvalue weighted by Crippen LogP contribution is 2.16. The Balaban J connectivity index is 2.95. The van der Waals surface area contributed by atoms with Gasteiger partial charge >= 0.3 is 0 Å². The summed E-state index contributed by atoms with van der Waals surface area (Å²) in [6.07, 6.45) is 2.04. The van der Waals surface area contributed by atoms with Gasteiger partial charge in [-0.05, 0) is 26.3 Å². The summed E-state index contributed by atoms with van der Waals surface area (Å²) < 4.78 is 0. The van der Waals surface area contributed by atoms with Gasteiger partial charge in [0.15, 0.2) is 0 Å². The van der Waals surface area contributed by atoms with E-state index in [0.717, 1.165) is 10.0 Å². The lowest BCUT2D eigenvalue weighted by atomic mass is 10.3. The molecular weight excluding hydrogens is 144 g/mol. The molecule has 0 amide bonds. The van der Waals surface area contributed by atoms with Crippen LogP contribution in [0.5, 0.6) is 0 Å². The van der Waals surface area contributed by atoms with Crippen molar-refractivity contribution < 1.29 is 0 Å². The molecule has 0 saturated carbocycles. The van der Waals surface area contributed by atoms with Crippen molar-refractivity contribution in [3.8, 4) is 0 Å². The van der Waals surface area contributed by atoms with E-state index in [1.165, 1.54) is 5.57 Å². The number of hydrogen-bond donors (Lipinski definition) is 0. The third-order valence-corrected chi connectivity index (χ3v) is 2.27. The SMILES string of the molecule is CC=C(C)c1nnc(C)s1. The van der Waals surface area contributed by atoms with Crippen LogP contribution in [-0.4, -0.2) is 10.2 Å². The normalized spacial score (nSPS) is 12.1. The van der Waals surface area contributed by atoms with Gasteiger partial charge in [-0.2, -0.15) is 0 Å². The van der Waals surface area contributed by atoms with Crippen LogP contribution in [0.15, 0.2) is 6.08 Å². The molecule has 0 aliphatic carbocycles. The predicted octanol–water partition coefficient (Wildman–Crippen LogP) is 2.27. The van der Waals surface area contributed by atoms with Gasteiger partial charge in [0.05, 0.1) is 0 Å². The van der Waals surface area contributed by atoms with Crippen molar-refractivity contribution in [2.75, 3.05) is 0 Å². The summed E-state index contributed by atoms with van der Waals surface area (Å²) in [6.45, 7) is 6.01. The molecule has 3 heteroatoms. The molecule has 0 aliphatic heterocycles. The van der Waals surface area contributed by atoms with Crippen LogP contribution in [-0.2, 0) is 0 Å². The maximum absolute atomic E-state index is 3.99. The first kappa shape index (κ1) is 7.41. The number of nitrogens with zero attached hydrogens (tertiary/aromatic N) is 2. The molecule has 0 spiro atoms. The third kappa shape index (κ3) is 1.42. The largest absolute Gasteiger partial charge is 0.144 e. The van der Waals surface area contributed by atoms with Crippen LogP contribution in [0.3, 0.4) is 0 Å². The Morgan fingerprint density at radius 1 is 1.50 bits per heavy atom. The summed E-state index contributed by atoms with van der Waals surface area (Å²) in [6, 6.07) is 0. The van der Waals surface area contributed by atoms with Gasteiger partial charge < -0.3 is 0 Å². The van der Waals surface area contributed by atoms with Crippen molar-refractivity contribution in [3.63, 3.8) is 0 Å². The summed E-state index contributed by atoms with van der Waals surface area (Å²) in [5, 5.41) is 9.95. The van der Waals surface area contributed by atoms with E-state index in [1.54, 1.807) is 11.3 Å². The van der Waals surface area contributed by atoms with Crippen LogP contribution in [0.1, 0.15) is 23.9 Å². The van der Waals surface area contributed by atoms with E-state index in [0.29, 0.717) is 0 Å². The van der Waals surface area contributed by atoms with E-state index in [1.807, 2.05) is 26.8 Å². The molecule has 10 heavy (non-hydrogen) atoms. The zero-order valence-electron chi connectivity index (χ0n) is 6.38. The molecule has 0 radical (unpaired) electrons. The van der Waals surface area contributed by atoms with Gasteiger partial charge in [0, 0.05) is 0 Å². The van der Waals surface area contributed by atoms with Crippen molar-refractivity contribution in [3.05, 3.63) is 16.1 Å². The van der Waals surface area contributed by atoms with Gasteiger partial charge in [-0.3, -0.25) is 0 Å². The molecule has 0 fully saturated rings. The average Bonchev–Trinajstić information content (AvgIpc) is 2.34. The summed E-state index contributed by atoms with van der Waals surface area (Å²) in [7, 11) is 0. The Morgan fingerprint density at radius 3 is 2.60 bits per heavy atom. The molecule has 1 aromatic rings. The molecule has 2 nitrogen and oxygen atoms in total. The number of allylic oxidation sites excluding steroid dienone is 2. The lowest BCUT2D eigenvalue weighted by Gasteiger charge is -1.87. The quantitative estimate of drug-likeness (QED) is 0.620. The first-order valence-corrected chi connectivity index (χ1v) is 3.99. The molecule has 0 N–H and O–H groups in total. The third-order valence-electron chi connectivity index (χ3n) is 1.30. The maximum atomic E-state index is 3.99. The second-order valence-corrected chi connectivity index (χ2v) is 3.28. The minimum absolute atomic E-state index is 1.02. The zero-order valence-corrected chi connectivity index (χ0v) is 7.20. The Hall–Kier alpha value is -0.700. The number of rotatable bonds is 1. The molecule has 1 aromatic heterocycles. The van der Waals surface area contributed by atoms with Gasteiger partial charge in [0.25, 0.3) is 0 Å². The van der Waals surface area contributed by atoms with Crippen LogP contribution in [0, 0.1) is 6.92 Å². The highest BCUT2D eigenvalue weighted by atomic mass is 32.1. The van der Waals surface area contributed by atoms with Crippen LogP contribution in [0.25, 0.3) is 5.57 Å². The van der Waals surface area contributed by atoms with E-state index >= 15 is 0 Å². The minimum atomic E-state index is 1.02. The molecule has 0 atom stereocenters. The van der Waals surface area contributed by atoms with Crippen molar-refractivity contribution >= 4 is 16.9 Å². The van der Waals surface area contributed by atoms with Crippen molar-refractivity contribution in [2.24, 2.45) is 0 Å². The van der Waals surface area contributed by atoms with Gasteiger partial charge in [0.2, 0.25) is 0 Å². The second-order valence-electron chi connectivity index (χ2n) is 2.10. The Morgan fingerprint density at radius 2 is 2.20 bits per heavy atom. The monoisotopic (exact) mass is 154 g/mol. The average molecular weight is 154 g/mol. The van der Waals surface area contributed by atoms with Crippen molar-refractivity contribution in [1.29, 1.82) is 0 Å². The van der Waals surface area contributed by atoms with Crippen LogP contribution < -0.4 is 0 Å². The fourth-order valence-corrected chi connectivity index (χ4v) is 1.30. The summed E-state index contributed by atoms with van der Waals surface area (Å²) in [5.74, 6) is 0. The van der Waals surface area contributed by atoms with E-state index in [-0.39, 0.29) is 0 Å². The number of aromatic nitrogens is 2. The topological polar surface area (TPSA) is 25.8 Å². The summed E-state index contributed by atoms with van der Waals surface area (Å²) >= 11 is 1.63. The molecule has 1 heterocycles. The lowest BCUT2D eigenvalue weighted by Crippen LogP contribution is -1.75. The summed E-state index contributed by atoms with van der Waals surface area (Å²) in [5.41, 5.74) is 1.20. The standard InChI is InChI=1S/C7H10N2S/c1-4-5(2)7-9-8-6(3)10-7/h4H,1-3H3. The molecule has 0 aromatic carbocycles. The number of hydrogen-bond acceptors (Lipinski definition) is 3. The maximum Gasteiger partial charge on any atom is 0.143 e. The molecule has 0 saturated heterocycles. The molecule has 1 rings (SSSR count). The first-order chi connectivity index (χ1) is 4.74. The summed E-state index contributed by atoms with van der Waals surface area (Å²) in [4.78, 5) is 0. The Kier molecular flexibility index (Phi) is 2.17. The van der Waals surface area contributed by atoms with Crippen molar-refractivity contribution in [2.45, 2.75) is 20.8 Å². The van der Waals surface area contributed by atoms with E-state index < -0.39 is 0 Å².